The molecule has 2 aliphatic rings. The van der Waals surface area contributed by atoms with Crippen LogP contribution < -0.4 is 16.4 Å². The van der Waals surface area contributed by atoms with E-state index in [1.54, 1.807) is 45.9 Å². The summed E-state index contributed by atoms with van der Waals surface area (Å²) in [6, 6.07) is 2.61. The minimum absolute atomic E-state index is 0.00964. The number of para-hydroxylation sites is 1. The first-order valence-corrected chi connectivity index (χ1v) is 14.1. The lowest BCUT2D eigenvalue weighted by atomic mass is 9.87. The zero-order valence-corrected chi connectivity index (χ0v) is 23.6. The van der Waals surface area contributed by atoms with Gasteiger partial charge in [-0.2, -0.15) is 0 Å². The van der Waals surface area contributed by atoms with E-state index in [0.717, 1.165) is 38.5 Å². The molecular weight excluding hydrogens is 500 g/mol. The first kappa shape index (κ1) is 30.2. The number of phenolic OH excluding ortho intramolecular Hbond substituents is 1. The van der Waals surface area contributed by atoms with Crippen molar-refractivity contribution in [3.63, 3.8) is 0 Å². The molecule has 216 valence electrons. The number of hydrogen-bond donors (Lipinski definition) is 4. The van der Waals surface area contributed by atoms with Crippen molar-refractivity contribution in [3.05, 3.63) is 29.3 Å². The van der Waals surface area contributed by atoms with Crippen LogP contribution in [0.15, 0.2) is 18.2 Å². The van der Waals surface area contributed by atoms with Crippen molar-refractivity contribution in [2.24, 2.45) is 5.73 Å². The van der Waals surface area contributed by atoms with E-state index < -0.39 is 35.6 Å². The molecule has 0 spiro atoms. The average Bonchev–Trinajstić information content (AvgIpc) is 2.81. The number of nitrogens with zero attached hydrogens (tertiary/aromatic N) is 1. The van der Waals surface area contributed by atoms with Crippen molar-refractivity contribution in [1.29, 1.82) is 0 Å². The fraction of sp³-hybridized carbons (Fsp3) is 0.655. The predicted octanol–water partition coefficient (Wildman–Crippen LogP) is 3.73. The number of aromatic hydroxyl groups is 1. The number of nitrogens with two attached hydrogens (primary N) is 1. The third-order valence-corrected chi connectivity index (χ3v) is 7.43. The molecule has 0 radical (unpaired) electrons. The minimum atomic E-state index is -1.15. The summed E-state index contributed by atoms with van der Waals surface area (Å²) in [4.78, 5) is 54.0. The van der Waals surface area contributed by atoms with Gasteiger partial charge in [0.05, 0.1) is 0 Å². The molecule has 39 heavy (non-hydrogen) atoms. The molecule has 0 heterocycles. The number of benzene rings is 1. The summed E-state index contributed by atoms with van der Waals surface area (Å²) in [5, 5.41) is 16.8. The molecule has 0 bridgehead atoms. The molecule has 3 rings (SSSR count). The molecule has 10 nitrogen and oxygen atoms in total. The van der Waals surface area contributed by atoms with Gasteiger partial charge in [-0.15, -0.1) is 0 Å². The highest BCUT2D eigenvalue weighted by molar-refractivity contribution is 5.93. The Labute approximate surface area is 231 Å². The van der Waals surface area contributed by atoms with E-state index in [1.165, 1.54) is 4.90 Å². The summed E-state index contributed by atoms with van der Waals surface area (Å²) in [6.45, 7) is 6.86. The van der Waals surface area contributed by atoms with Crippen LogP contribution in [0.5, 0.6) is 5.75 Å². The fourth-order valence-corrected chi connectivity index (χ4v) is 5.20. The topological polar surface area (TPSA) is 151 Å². The minimum Gasteiger partial charge on any atom is -0.507 e. The third kappa shape index (κ3) is 8.34. The van der Waals surface area contributed by atoms with Gasteiger partial charge in [0.15, 0.2) is 0 Å². The Morgan fingerprint density at radius 3 is 2.31 bits per heavy atom. The van der Waals surface area contributed by atoms with Gasteiger partial charge in [0, 0.05) is 24.1 Å². The lowest BCUT2D eigenvalue weighted by molar-refractivity contribution is -0.148. The largest absolute Gasteiger partial charge is 0.507 e. The molecule has 2 unspecified atom stereocenters. The zero-order valence-electron chi connectivity index (χ0n) is 23.6. The van der Waals surface area contributed by atoms with Gasteiger partial charge in [0.1, 0.15) is 23.4 Å². The Morgan fingerprint density at radius 2 is 1.74 bits per heavy atom. The van der Waals surface area contributed by atoms with Crippen LogP contribution in [0.1, 0.15) is 102 Å². The van der Waals surface area contributed by atoms with E-state index in [0.29, 0.717) is 24.0 Å². The van der Waals surface area contributed by atoms with E-state index in [2.05, 4.69) is 10.6 Å². The number of alkyl carbamates (subject to hydrolysis) is 1. The number of amides is 4. The number of aryl methyl sites for hydroxylation is 1. The molecule has 2 aliphatic carbocycles. The van der Waals surface area contributed by atoms with E-state index in [9.17, 15) is 24.3 Å². The maximum atomic E-state index is 14.2. The summed E-state index contributed by atoms with van der Waals surface area (Å²) in [5.74, 6) is -1.55. The van der Waals surface area contributed by atoms with Gasteiger partial charge in [-0.05, 0) is 71.8 Å². The number of nitrogens with one attached hydrogen (secondary N) is 2. The SMILES string of the molecule is Cc1cccc(C(C(=O)NC2CCCCC2)N(C(=O)C(CCC(N)=O)NC(=O)OC(C)(C)C)C2CCC2)c1O. The second kappa shape index (κ2) is 13.2. The highest BCUT2D eigenvalue weighted by atomic mass is 16.6. The van der Waals surface area contributed by atoms with E-state index in [4.69, 9.17) is 10.5 Å². The summed E-state index contributed by atoms with van der Waals surface area (Å²) in [7, 11) is 0. The van der Waals surface area contributed by atoms with E-state index in [-0.39, 0.29) is 36.6 Å². The van der Waals surface area contributed by atoms with Crippen LogP contribution in [0.25, 0.3) is 0 Å². The molecule has 2 fully saturated rings. The van der Waals surface area contributed by atoms with Crippen molar-refractivity contribution in [1.82, 2.24) is 15.5 Å². The maximum absolute atomic E-state index is 14.2. The second-order valence-electron chi connectivity index (χ2n) is 11.8. The first-order chi connectivity index (χ1) is 18.4. The van der Waals surface area contributed by atoms with Crippen LogP contribution in [0.4, 0.5) is 4.79 Å². The van der Waals surface area contributed by atoms with Gasteiger partial charge < -0.3 is 31.1 Å². The van der Waals surface area contributed by atoms with E-state index >= 15 is 0 Å². The third-order valence-electron chi connectivity index (χ3n) is 7.43. The molecule has 2 atom stereocenters. The van der Waals surface area contributed by atoms with Crippen LogP contribution in [0.2, 0.25) is 0 Å². The summed E-state index contributed by atoms with van der Waals surface area (Å²) in [5.41, 5.74) is 5.49. The van der Waals surface area contributed by atoms with Crippen LogP contribution in [0, 0.1) is 6.92 Å². The number of carbonyl (C=O) groups excluding carboxylic acids is 4. The average molecular weight is 545 g/mol. The highest BCUT2D eigenvalue weighted by Crippen LogP contribution is 2.38. The summed E-state index contributed by atoms with van der Waals surface area (Å²) >= 11 is 0. The van der Waals surface area contributed by atoms with Gasteiger partial charge in [-0.1, -0.05) is 37.5 Å². The molecule has 1 aromatic carbocycles. The Kier molecular flexibility index (Phi) is 10.2. The van der Waals surface area contributed by atoms with Gasteiger partial charge in [-0.3, -0.25) is 14.4 Å². The van der Waals surface area contributed by atoms with Gasteiger partial charge in [0.25, 0.3) is 0 Å². The van der Waals surface area contributed by atoms with Crippen molar-refractivity contribution >= 4 is 23.8 Å². The number of phenols is 1. The van der Waals surface area contributed by atoms with Gasteiger partial charge >= 0.3 is 6.09 Å². The molecule has 1 aromatic rings. The lowest BCUT2D eigenvalue weighted by Crippen LogP contribution is -2.58. The number of carbonyl (C=O) groups is 4. The fourth-order valence-electron chi connectivity index (χ4n) is 5.20. The van der Waals surface area contributed by atoms with E-state index in [1.807, 2.05) is 0 Å². The molecule has 4 amide bonds. The lowest BCUT2D eigenvalue weighted by Gasteiger charge is -2.44. The normalized spacial score (nSPS) is 17.8. The number of hydrogen-bond acceptors (Lipinski definition) is 6. The Morgan fingerprint density at radius 1 is 1.08 bits per heavy atom. The first-order valence-electron chi connectivity index (χ1n) is 14.1. The van der Waals surface area contributed by atoms with Crippen LogP contribution in [-0.4, -0.2) is 57.5 Å². The standard InChI is InChI=1S/C29H44N4O6/c1-18-10-8-15-21(25(18)35)24(26(36)31-19-11-6-5-7-12-19)33(20-13-9-14-20)27(37)22(16-17-23(30)34)32-28(38)39-29(2,3)4/h8,10,15,19-20,22,24,35H,5-7,9,11-14,16-17H2,1-4H3,(H2,30,34)(H,31,36)(H,32,38). The quantitative estimate of drug-likeness (QED) is 0.352. The van der Waals surface area contributed by atoms with Crippen LogP contribution in [-0.2, 0) is 19.1 Å². The summed E-state index contributed by atoms with van der Waals surface area (Å²) in [6.07, 6.45) is 6.13. The summed E-state index contributed by atoms with van der Waals surface area (Å²) < 4.78 is 5.38. The van der Waals surface area contributed by atoms with Crippen molar-refractivity contribution in [2.45, 2.75) is 122 Å². The smallest absolute Gasteiger partial charge is 0.408 e. The molecule has 2 saturated carbocycles. The number of primary amides is 1. The number of rotatable bonds is 10. The predicted molar refractivity (Wildman–Crippen MR) is 147 cm³/mol. The highest BCUT2D eigenvalue weighted by Gasteiger charge is 2.43. The van der Waals surface area contributed by atoms with Crippen molar-refractivity contribution in [2.75, 3.05) is 0 Å². The maximum Gasteiger partial charge on any atom is 0.408 e. The van der Waals surface area contributed by atoms with Crippen LogP contribution >= 0.6 is 0 Å². The second-order valence-corrected chi connectivity index (χ2v) is 11.8. The Balaban J connectivity index is 2.01. The molecule has 10 heteroatoms. The monoisotopic (exact) mass is 544 g/mol. The molecule has 0 saturated heterocycles. The zero-order chi connectivity index (χ0) is 28.7. The molecule has 5 N–H and O–H groups in total. The number of ether oxygens (including phenoxy) is 1. The Hall–Kier alpha value is -3.30. The molecule has 0 aromatic heterocycles. The van der Waals surface area contributed by atoms with Crippen LogP contribution in [0.3, 0.4) is 0 Å². The molecule has 0 aliphatic heterocycles. The molecular formula is C29H44N4O6. The van der Waals surface area contributed by atoms with Gasteiger partial charge in [-0.25, -0.2) is 4.79 Å². The van der Waals surface area contributed by atoms with Crippen molar-refractivity contribution in [3.8, 4) is 5.75 Å². The Bertz CT molecular complexity index is 1040. The van der Waals surface area contributed by atoms with Crippen molar-refractivity contribution < 1.29 is 29.0 Å². The van der Waals surface area contributed by atoms with Gasteiger partial charge in [0.2, 0.25) is 17.7 Å².